The van der Waals surface area contributed by atoms with Crippen LogP contribution < -0.4 is 10.2 Å². The molecule has 0 saturated carbocycles. The number of ether oxygens (including phenoxy) is 2. The third kappa shape index (κ3) is 7.83. The molecule has 1 unspecified atom stereocenters. The molecule has 0 bridgehead atoms. The monoisotopic (exact) mass is 602 g/mol. The number of likely N-dealkylation sites (N-methyl/N-ethyl adjacent to an activating group) is 2. The molecular formula is C30H37F3N6O4. The van der Waals surface area contributed by atoms with Crippen molar-refractivity contribution in [1.29, 1.82) is 0 Å². The molecule has 1 aliphatic heterocycles. The fourth-order valence-electron chi connectivity index (χ4n) is 4.55. The number of carbonyl (C=O) groups is 2. The maximum atomic E-state index is 13.9. The number of aromatic nitrogens is 2. The summed E-state index contributed by atoms with van der Waals surface area (Å²) in [6, 6.07) is 4.41. The van der Waals surface area contributed by atoms with Crippen LogP contribution in [-0.4, -0.2) is 90.9 Å². The molecule has 0 aliphatic carbocycles. The Kier molecular flexibility index (Phi) is 9.63. The average Bonchev–Trinajstić information content (AvgIpc) is 2.96. The molecule has 1 fully saturated rings. The van der Waals surface area contributed by atoms with Crippen LogP contribution in [0.15, 0.2) is 30.5 Å². The number of fused-ring (bicyclic) bond motifs is 1. The third-order valence-electron chi connectivity index (χ3n) is 6.90. The highest BCUT2D eigenvalue weighted by atomic mass is 19.2. The summed E-state index contributed by atoms with van der Waals surface area (Å²) in [5.74, 6) is -3.90. The van der Waals surface area contributed by atoms with Gasteiger partial charge in [-0.25, -0.2) is 22.9 Å². The molecule has 4 rings (SSSR count). The van der Waals surface area contributed by atoms with E-state index < -0.39 is 35.2 Å². The Morgan fingerprint density at radius 2 is 1.67 bits per heavy atom. The Morgan fingerprint density at radius 1 is 1.05 bits per heavy atom. The van der Waals surface area contributed by atoms with Gasteiger partial charge < -0.3 is 29.5 Å². The van der Waals surface area contributed by atoms with Crippen molar-refractivity contribution in [2.45, 2.75) is 39.3 Å². The maximum Gasteiger partial charge on any atom is 0.410 e. The van der Waals surface area contributed by atoms with Gasteiger partial charge in [0.05, 0.1) is 36.5 Å². The molecule has 3 aromatic rings. The van der Waals surface area contributed by atoms with Gasteiger partial charge in [-0.2, -0.15) is 0 Å². The van der Waals surface area contributed by atoms with Crippen molar-refractivity contribution in [2.75, 3.05) is 63.7 Å². The molecule has 0 spiro atoms. The minimum atomic E-state index is -1.56. The first-order valence-electron chi connectivity index (χ1n) is 14.0. The van der Waals surface area contributed by atoms with Crippen molar-refractivity contribution >= 4 is 34.5 Å². The number of hydrogen-bond acceptors (Lipinski definition) is 8. The summed E-state index contributed by atoms with van der Waals surface area (Å²) >= 11 is 0. The van der Waals surface area contributed by atoms with E-state index in [1.54, 1.807) is 60.1 Å². The number of carbonyl (C=O) groups excluding carboxylic acids is 2. The summed E-state index contributed by atoms with van der Waals surface area (Å²) in [7, 11) is 3.21. The number of halogens is 3. The molecular weight excluding hydrogens is 565 g/mol. The van der Waals surface area contributed by atoms with Gasteiger partial charge in [0.25, 0.3) is 5.91 Å². The lowest BCUT2D eigenvalue weighted by Gasteiger charge is -2.28. The highest BCUT2D eigenvalue weighted by molar-refractivity contribution is 5.98. The van der Waals surface area contributed by atoms with Crippen LogP contribution in [0.4, 0.5) is 29.5 Å². The van der Waals surface area contributed by atoms with Gasteiger partial charge in [-0.1, -0.05) is 0 Å². The Bertz CT molecular complexity index is 1470. The lowest BCUT2D eigenvalue weighted by Crippen LogP contribution is -2.40. The van der Waals surface area contributed by atoms with E-state index in [1.807, 2.05) is 4.90 Å². The maximum absolute atomic E-state index is 13.9. The second-order valence-corrected chi connectivity index (χ2v) is 11.5. The number of morpholine rings is 1. The number of nitrogens with one attached hydrogen (secondary N) is 1. The number of nitrogens with zero attached hydrogens (tertiary/aromatic N) is 5. The fraction of sp³-hybridized carbons (Fsp3) is 0.467. The fourth-order valence-corrected chi connectivity index (χ4v) is 4.55. The van der Waals surface area contributed by atoms with Crippen LogP contribution in [0.1, 0.15) is 49.7 Å². The van der Waals surface area contributed by atoms with Crippen LogP contribution in [0.5, 0.6) is 0 Å². The van der Waals surface area contributed by atoms with Crippen molar-refractivity contribution in [3.05, 3.63) is 59.0 Å². The van der Waals surface area contributed by atoms with E-state index in [9.17, 15) is 22.8 Å². The summed E-state index contributed by atoms with van der Waals surface area (Å²) < 4.78 is 52.3. The summed E-state index contributed by atoms with van der Waals surface area (Å²) in [5.41, 5.74) is 1.18. The van der Waals surface area contributed by atoms with Crippen LogP contribution >= 0.6 is 0 Å². The normalized spacial score (nSPS) is 14.4. The van der Waals surface area contributed by atoms with Crippen molar-refractivity contribution < 1.29 is 32.2 Å². The summed E-state index contributed by atoms with van der Waals surface area (Å²) in [6.45, 7) is 9.90. The van der Waals surface area contributed by atoms with Gasteiger partial charge >= 0.3 is 6.09 Å². The number of rotatable bonds is 8. The first-order chi connectivity index (χ1) is 20.2. The van der Waals surface area contributed by atoms with Crippen molar-refractivity contribution in [2.24, 2.45) is 0 Å². The van der Waals surface area contributed by atoms with Crippen LogP contribution in [-0.2, 0) is 9.47 Å². The van der Waals surface area contributed by atoms with Gasteiger partial charge in [-0.05, 0) is 39.8 Å². The van der Waals surface area contributed by atoms with Gasteiger partial charge in [0.15, 0.2) is 17.5 Å². The molecule has 13 heteroatoms. The van der Waals surface area contributed by atoms with E-state index in [-0.39, 0.29) is 24.7 Å². The zero-order valence-electron chi connectivity index (χ0n) is 25.2. The lowest BCUT2D eigenvalue weighted by atomic mass is 10.0. The number of anilines is 2. The second-order valence-electron chi connectivity index (χ2n) is 11.5. The predicted molar refractivity (Wildman–Crippen MR) is 157 cm³/mol. The van der Waals surface area contributed by atoms with Gasteiger partial charge in [-0.15, -0.1) is 0 Å². The van der Waals surface area contributed by atoms with E-state index >= 15 is 0 Å². The molecule has 2 heterocycles. The zero-order chi connectivity index (χ0) is 31.5. The molecule has 2 amide bonds. The molecule has 1 aliphatic rings. The molecule has 1 atom stereocenters. The SMILES string of the molecule is CC(Nc1cc(F)c(F)c(F)c1)c1cc(C(=O)N(C)CCN(C)C(=O)OC(C)(C)C)cc2ncc(N3CCOCC3)nc12. The van der Waals surface area contributed by atoms with E-state index in [2.05, 4.69) is 10.3 Å². The van der Waals surface area contributed by atoms with Gasteiger partial charge in [0.1, 0.15) is 11.4 Å². The van der Waals surface area contributed by atoms with Crippen LogP contribution in [0.3, 0.4) is 0 Å². The topological polar surface area (TPSA) is 100 Å². The van der Waals surface area contributed by atoms with Gasteiger partial charge in [0.2, 0.25) is 0 Å². The standard InChI is InChI=1S/C30H37F3N6O4/c1-18(35-20-15-22(31)26(33)23(32)16-20)21-13-19(28(40)37(5)7-8-38(6)29(41)43-30(2,3)4)14-24-27(21)36-25(17-34-24)39-9-11-42-12-10-39/h13-18,35H,7-12H2,1-6H3. The second kappa shape index (κ2) is 13.0. The van der Waals surface area contributed by atoms with E-state index in [1.165, 1.54) is 9.80 Å². The Balaban J connectivity index is 1.64. The molecule has 1 saturated heterocycles. The first kappa shape index (κ1) is 31.8. The molecule has 10 nitrogen and oxygen atoms in total. The summed E-state index contributed by atoms with van der Waals surface area (Å²) in [6.07, 6.45) is 1.13. The largest absolute Gasteiger partial charge is 0.444 e. The number of hydrogen-bond donors (Lipinski definition) is 1. The van der Waals surface area contributed by atoms with E-state index in [4.69, 9.17) is 14.5 Å². The molecule has 1 aromatic heterocycles. The molecule has 1 N–H and O–H groups in total. The average molecular weight is 603 g/mol. The number of benzene rings is 2. The minimum absolute atomic E-state index is 0.0216. The predicted octanol–water partition coefficient (Wildman–Crippen LogP) is 5.00. The molecule has 43 heavy (non-hydrogen) atoms. The van der Waals surface area contributed by atoms with Crippen LogP contribution in [0.2, 0.25) is 0 Å². The van der Waals surface area contributed by atoms with Gasteiger partial charge in [0, 0.05) is 69.2 Å². The van der Waals surface area contributed by atoms with E-state index in [0.717, 1.165) is 12.1 Å². The van der Waals surface area contributed by atoms with Gasteiger partial charge in [-0.3, -0.25) is 9.78 Å². The quantitative estimate of drug-likeness (QED) is 0.360. The highest BCUT2D eigenvalue weighted by Gasteiger charge is 2.23. The zero-order valence-corrected chi connectivity index (χ0v) is 25.2. The van der Waals surface area contributed by atoms with E-state index in [0.29, 0.717) is 54.3 Å². The van der Waals surface area contributed by atoms with Crippen molar-refractivity contribution in [1.82, 2.24) is 19.8 Å². The van der Waals surface area contributed by atoms with Crippen LogP contribution in [0, 0.1) is 17.5 Å². The molecule has 0 radical (unpaired) electrons. The Hall–Kier alpha value is -4.13. The Morgan fingerprint density at radius 3 is 2.30 bits per heavy atom. The highest BCUT2D eigenvalue weighted by Crippen LogP contribution is 2.30. The Labute approximate surface area is 248 Å². The lowest BCUT2D eigenvalue weighted by molar-refractivity contribution is 0.0283. The third-order valence-corrected chi connectivity index (χ3v) is 6.90. The van der Waals surface area contributed by atoms with Crippen molar-refractivity contribution in [3.63, 3.8) is 0 Å². The molecule has 2 aromatic carbocycles. The van der Waals surface area contributed by atoms with Crippen molar-refractivity contribution in [3.8, 4) is 0 Å². The summed E-state index contributed by atoms with van der Waals surface area (Å²) in [5, 5.41) is 2.99. The number of amides is 2. The van der Waals surface area contributed by atoms with Crippen LogP contribution in [0.25, 0.3) is 11.0 Å². The smallest absolute Gasteiger partial charge is 0.410 e. The summed E-state index contributed by atoms with van der Waals surface area (Å²) in [4.78, 5) is 40.2. The minimum Gasteiger partial charge on any atom is -0.444 e. The first-order valence-corrected chi connectivity index (χ1v) is 14.0. The molecule has 232 valence electrons.